The van der Waals surface area contributed by atoms with E-state index in [1.807, 2.05) is 6.92 Å². The van der Waals surface area contributed by atoms with Gasteiger partial charge in [0.1, 0.15) is 5.75 Å². The van der Waals surface area contributed by atoms with E-state index in [0.29, 0.717) is 5.56 Å². The molecular weight excluding hydrogens is 228 g/mol. The van der Waals surface area contributed by atoms with E-state index in [1.54, 1.807) is 0 Å². The molecule has 4 nitrogen and oxygen atoms in total. The minimum absolute atomic E-state index is 0.0123. The smallest absolute Gasteiger partial charge is 0.253 e. The zero-order valence-electron chi connectivity index (χ0n) is 11.1. The molecule has 0 saturated heterocycles. The Morgan fingerprint density at radius 3 is 2.83 bits per heavy atom. The van der Waals surface area contributed by atoms with Gasteiger partial charge in [-0.25, -0.2) is 0 Å². The number of unbranched alkanes of at least 4 members (excludes halogenated alkanes) is 3. The van der Waals surface area contributed by atoms with Crippen LogP contribution in [0.4, 0.5) is 0 Å². The Kier molecular flexibility index (Phi) is 6.19. The number of nitrogens with one attached hydrogen (secondary N) is 1. The van der Waals surface area contributed by atoms with Crippen LogP contribution in [0.1, 0.15) is 56.3 Å². The number of pyridine rings is 1. The highest BCUT2D eigenvalue weighted by molar-refractivity contribution is 5.94. The van der Waals surface area contributed by atoms with Crippen LogP contribution in [0.3, 0.4) is 0 Å². The van der Waals surface area contributed by atoms with Crippen LogP contribution in [0.25, 0.3) is 0 Å². The molecule has 100 valence electrons. The molecule has 1 rings (SSSR count). The van der Waals surface area contributed by atoms with Crippen molar-refractivity contribution >= 4 is 5.91 Å². The van der Waals surface area contributed by atoms with Crippen LogP contribution in [0.5, 0.6) is 5.75 Å². The van der Waals surface area contributed by atoms with Gasteiger partial charge in [0, 0.05) is 12.2 Å². The second kappa shape index (κ2) is 7.69. The summed E-state index contributed by atoms with van der Waals surface area (Å²) in [5, 5.41) is 12.2. The first-order chi connectivity index (χ1) is 8.63. The summed E-state index contributed by atoms with van der Waals surface area (Å²) in [5.41, 5.74) is 0.399. The molecule has 0 radical (unpaired) electrons. The first-order valence-electron chi connectivity index (χ1n) is 6.58. The third-order valence-electron chi connectivity index (χ3n) is 2.85. The van der Waals surface area contributed by atoms with Crippen LogP contribution in [-0.4, -0.2) is 22.0 Å². The molecule has 0 aliphatic heterocycles. The molecule has 0 aromatic carbocycles. The van der Waals surface area contributed by atoms with Crippen molar-refractivity contribution in [3.63, 3.8) is 0 Å². The third-order valence-corrected chi connectivity index (χ3v) is 2.85. The van der Waals surface area contributed by atoms with Gasteiger partial charge in [0.25, 0.3) is 5.91 Å². The number of carbonyl (C=O) groups is 1. The van der Waals surface area contributed by atoms with Crippen molar-refractivity contribution in [2.75, 3.05) is 0 Å². The monoisotopic (exact) mass is 250 g/mol. The van der Waals surface area contributed by atoms with Gasteiger partial charge in [0.05, 0.1) is 11.8 Å². The fourth-order valence-electron chi connectivity index (χ4n) is 1.81. The molecule has 18 heavy (non-hydrogen) atoms. The van der Waals surface area contributed by atoms with E-state index in [0.717, 1.165) is 12.8 Å². The SMILES string of the molecule is CCCCCCC(C)NC(=O)c1cncc(O)c1. The Labute approximate surface area is 108 Å². The van der Waals surface area contributed by atoms with Gasteiger partial charge in [-0.1, -0.05) is 32.6 Å². The molecule has 1 amide bonds. The van der Waals surface area contributed by atoms with E-state index in [1.165, 1.54) is 37.7 Å². The molecule has 0 fully saturated rings. The average Bonchev–Trinajstić information content (AvgIpc) is 2.34. The Balaban J connectivity index is 2.35. The van der Waals surface area contributed by atoms with Gasteiger partial charge in [0.15, 0.2) is 0 Å². The summed E-state index contributed by atoms with van der Waals surface area (Å²) < 4.78 is 0. The number of aromatic nitrogens is 1. The second-order valence-electron chi connectivity index (χ2n) is 4.66. The van der Waals surface area contributed by atoms with E-state index in [2.05, 4.69) is 17.2 Å². The fraction of sp³-hybridized carbons (Fsp3) is 0.571. The first-order valence-corrected chi connectivity index (χ1v) is 6.58. The van der Waals surface area contributed by atoms with Crippen LogP contribution in [0.15, 0.2) is 18.5 Å². The van der Waals surface area contributed by atoms with Crippen LogP contribution in [-0.2, 0) is 0 Å². The van der Waals surface area contributed by atoms with Crippen molar-refractivity contribution in [2.45, 2.75) is 52.0 Å². The molecule has 1 atom stereocenters. The van der Waals surface area contributed by atoms with Gasteiger partial charge in [-0.15, -0.1) is 0 Å². The van der Waals surface area contributed by atoms with Crippen molar-refractivity contribution < 1.29 is 9.90 Å². The van der Waals surface area contributed by atoms with Gasteiger partial charge in [-0.05, 0) is 19.4 Å². The quantitative estimate of drug-likeness (QED) is 0.731. The summed E-state index contributed by atoms with van der Waals surface area (Å²) >= 11 is 0. The minimum atomic E-state index is -0.179. The number of hydrogen-bond acceptors (Lipinski definition) is 3. The largest absolute Gasteiger partial charge is 0.506 e. The van der Waals surface area contributed by atoms with Crippen LogP contribution in [0.2, 0.25) is 0 Å². The molecule has 0 bridgehead atoms. The number of hydrogen-bond donors (Lipinski definition) is 2. The van der Waals surface area contributed by atoms with Gasteiger partial charge in [-0.3, -0.25) is 9.78 Å². The molecule has 4 heteroatoms. The lowest BCUT2D eigenvalue weighted by molar-refractivity contribution is 0.0937. The van der Waals surface area contributed by atoms with Crippen LogP contribution in [0, 0.1) is 0 Å². The highest BCUT2D eigenvalue weighted by atomic mass is 16.3. The Morgan fingerprint density at radius 1 is 1.39 bits per heavy atom. The van der Waals surface area contributed by atoms with Gasteiger partial charge in [-0.2, -0.15) is 0 Å². The molecule has 0 aliphatic carbocycles. The van der Waals surface area contributed by atoms with Crippen molar-refractivity contribution in [3.8, 4) is 5.75 Å². The maximum absolute atomic E-state index is 11.8. The number of rotatable bonds is 7. The number of aromatic hydroxyl groups is 1. The van der Waals surface area contributed by atoms with Crippen molar-refractivity contribution in [1.29, 1.82) is 0 Å². The summed E-state index contributed by atoms with van der Waals surface area (Å²) in [4.78, 5) is 15.6. The fourth-order valence-corrected chi connectivity index (χ4v) is 1.81. The highest BCUT2D eigenvalue weighted by Crippen LogP contribution is 2.10. The summed E-state index contributed by atoms with van der Waals surface area (Å²) in [6.45, 7) is 4.18. The highest BCUT2D eigenvalue weighted by Gasteiger charge is 2.10. The van der Waals surface area contributed by atoms with E-state index in [4.69, 9.17) is 0 Å². The predicted molar refractivity (Wildman–Crippen MR) is 71.6 cm³/mol. The summed E-state index contributed by atoms with van der Waals surface area (Å²) in [7, 11) is 0. The lowest BCUT2D eigenvalue weighted by Gasteiger charge is -2.13. The van der Waals surface area contributed by atoms with E-state index >= 15 is 0 Å². The van der Waals surface area contributed by atoms with Gasteiger partial charge >= 0.3 is 0 Å². The van der Waals surface area contributed by atoms with Crippen molar-refractivity contribution in [2.24, 2.45) is 0 Å². The van der Waals surface area contributed by atoms with Crippen LogP contribution < -0.4 is 5.32 Å². The maximum atomic E-state index is 11.8. The molecule has 1 unspecified atom stereocenters. The van der Waals surface area contributed by atoms with Gasteiger partial charge in [0.2, 0.25) is 0 Å². The maximum Gasteiger partial charge on any atom is 0.253 e. The zero-order valence-corrected chi connectivity index (χ0v) is 11.1. The molecule has 0 saturated carbocycles. The number of nitrogens with zero attached hydrogens (tertiary/aromatic N) is 1. The normalized spacial score (nSPS) is 12.1. The molecule has 0 spiro atoms. The lowest BCUT2D eigenvalue weighted by atomic mass is 10.1. The molecule has 1 heterocycles. The summed E-state index contributed by atoms with van der Waals surface area (Å²) in [6, 6.07) is 1.57. The predicted octanol–water partition coefficient (Wildman–Crippen LogP) is 2.88. The molecule has 0 aliphatic rings. The number of amides is 1. The third kappa shape index (κ3) is 5.17. The average molecular weight is 250 g/mol. The standard InChI is InChI=1S/C14H22N2O2/c1-3-4-5-6-7-11(2)16-14(18)12-8-13(17)10-15-9-12/h8-11,17H,3-7H2,1-2H3,(H,16,18). The molecule has 1 aromatic rings. The molecular formula is C14H22N2O2. The lowest BCUT2D eigenvalue weighted by Crippen LogP contribution is -2.32. The Bertz CT molecular complexity index is 380. The van der Waals surface area contributed by atoms with E-state index in [-0.39, 0.29) is 17.7 Å². The van der Waals surface area contributed by atoms with E-state index < -0.39 is 0 Å². The summed E-state index contributed by atoms with van der Waals surface area (Å²) in [6.07, 6.45) is 8.56. The van der Waals surface area contributed by atoms with Crippen LogP contribution >= 0.6 is 0 Å². The van der Waals surface area contributed by atoms with Crippen molar-refractivity contribution in [3.05, 3.63) is 24.0 Å². The molecule has 1 aromatic heterocycles. The van der Waals surface area contributed by atoms with Crippen molar-refractivity contribution in [1.82, 2.24) is 10.3 Å². The topological polar surface area (TPSA) is 62.2 Å². The first kappa shape index (κ1) is 14.5. The van der Waals surface area contributed by atoms with Gasteiger partial charge < -0.3 is 10.4 Å². The Hall–Kier alpha value is -1.58. The Morgan fingerprint density at radius 2 is 2.17 bits per heavy atom. The zero-order chi connectivity index (χ0) is 13.4. The summed E-state index contributed by atoms with van der Waals surface area (Å²) in [5.74, 6) is -0.167. The van der Waals surface area contributed by atoms with E-state index in [9.17, 15) is 9.90 Å². The molecule has 2 N–H and O–H groups in total. The minimum Gasteiger partial charge on any atom is -0.506 e. The second-order valence-corrected chi connectivity index (χ2v) is 4.66. The number of carbonyl (C=O) groups excluding carboxylic acids is 1.